The summed E-state index contributed by atoms with van der Waals surface area (Å²) in [6.45, 7) is 7.05. The van der Waals surface area contributed by atoms with E-state index in [9.17, 15) is 0 Å². The Morgan fingerprint density at radius 3 is 2.40 bits per heavy atom. The summed E-state index contributed by atoms with van der Waals surface area (Å²) in [4.78, 5) is 2.37. The molecule has 1 radical (unpaired) electrons. The van der Waals surface area contributed by atoms with Crippen molar-refractivity contribution in [2.75, 3.05) is 20.1 Å². The first-order valence-corrected chi connectivity index (χ1v) is 3.72. The summed E-state index contributed by atoms with van der Waals surface area (Å²) in [5.74, 6) is 1.67. The van der Waals surface area contributed by atoms with Gasteiger partial charge in [0, 0.05) is 0 Å². The Kier molecular flexibility index (Phi) is 4.72. The Bertz CT molecular complexity index is 95.3. The van der Waals surface area contributed by atoms with Gasteiger partial charge in [-0.25, -0.2) is 0 Å². The van der Waals surface area contributed by atoms with Gasteiger partial charge in [-0.05, 0) is 13.6 Å². The van der Waals surface area contributed by atoms with E-state index in [1.54, 1.807) is 0 Å². The fraction of sp³-hybridized carbons (Fsp3) is 0.875. The van der Waals surface area contributed by atoms with Crippen LogP contribution in [0.2, 0.25) is 0 Å². The fourth-order valence-electron chi connectivity index (χ4n) is 1.31. The number of piperidine rings is 1. The Morgan fingerprint density at radius 1 is 1.40 bits per heavy atom. The molecule has 0 spiro atoms. The molecule has 1 rings (SSSR count). The zero-order valence-electron chi connectivity index (χ0n) is 6.93. The molecule has 1 saturated heterocycles. The SMILES string of the molecule is CC1[CH-]CN(C)CC1C.[Rh+2]. The first kappa shape index (κ1) is 10.6. The minimum absolute atomic E-state index is 0. The molecule has 0 aromatic carbocycles. The minimum Gasteiger partial charge on any atom is -0.335 e. The third-order valence-electron chi connectivity index (χ3n) is 2.29. The van der Waals surface area contributed by atoms with E-state index in [4.69, 9.17) is 0 Å². The van der Waals surface area contributed by atoms with E-state index >= 15 is 0 Å². The van der Waals surface area contributed by atoms with Crippen LogP contribution >= 0.6 is 0 Å². The van der Waals surface area contributed by atoms with E-state index in [0.717, 1.165) is 11.8 Å². The summed E-state index contributed by atoms with van der Waals surface area (Å²) in [7, 11) is 2.18. The van der Waals surface area contributed by atoms with Crippen LogP contribution in [0.25, 0.3) is 0 Å². The van der Waals surface area contributed by atoms with Crippen molar-refractivity contribution >= 4 is 0 Å². The second-order valence-corrected chi connectivity index (χ2v) is 3.29. The smallest absolute Gasteiger partial charge is 0.335 e. The molecule has 0 aromatic heterocycles. The van der Waals surface area contributed by atoms with E-state index in [1.165, 1.54) is 13.1 Å². The average molecular weight is 229 g/mol. The Balaban J connectivity index is 0.000000810. The van der Waals surface area contributed by atoms with Gasteiger partial charge in [0.25, 0.3) is 0 Å². The van der Waals surface area contributed by atoms with Crippen LogP contribution < -0.4 is 0 Å². The van der Waals surface area contributed by atoms with Gasteiger partial charge in [0.15, 0.2) is 0 Å². The number of nitrogens with zero attached hydrogens (tertiary/aromatic N) is 1. The molecule has 1 nitrogen and oxygen atoms in total. The predicted molar refractivity (Wildman–Crippen MR) is 40.1 cm³/mol. The molecule has 0 N–H and O–H groups in total. The fourth-order valence-corrected chi connectivity index (χ4v) is 1.31. The van der Waals surface area contributed by atoms with Crippen molar-refractivity contribution < 1.29 is 19.5 Å². The summed E-state index contributed by atoms with van der Waals surface area (Å²) in [5, 5.41) is 0. The normalized spacial score (nSPS) is 35.1. The standard InChI is InChI=1S/C8H16N.Rh/c1-7-4-5-9(3)6-8(7)2;/h4,7-8H,5-6H2,1-3H3;/q-1;+2. The monoisotopic (exact) mass is 229 g/mol. The number of likely N-dealkylation sites (tertiary alicyclic amines) is 1. The van der Waals surface area contributed by atoms with E-state index in [0.29, 0.717) is 0 Å². The van der Waals surface area contributed by atoms with Crippen LogP contribution in [0.1, 0.15) is 13.8 Å². The summed E-state index contributed by atoms with van der Waals surface area (Å²) in [6.07, 6.45) is 2.40. The van der Waals surface area contributed by atoms with Gasteiger partial charge in [0.1, 0.15) is 0 Å². The average Bonchev–Trinajstić information content (AvgIpc) is 1.80. The van der Waals surface area contributed by atoms with E-state index < -0.39 is 0 Å². The van der Waals surface area contributed by atoms with E-state index in [2.05, 4.69) is 32.2 Å². The van der Waals surface area contributed by atoms with Crippen LogP contribution in [0.3, 0.4) is 0 Å². The Morgan fingerprint density at radius 2 is 2.00 bits per heavy atom. The van der Waals surface area contributed by atoms with Crippen molar-refractivity contribution in [3.05, 3.63) is 6.42 Å². The summed E-state index contributed by atoms with van der Waals surface area (Å²) in [6, 6.07) is 0. The molecule has 0 aromatic rings. The third-order valence-corrected chi connectivity index (χ3v) is 2.29. The molecule has 2 heteroatoms. The van der Waals surface area contributed by atoms with Crippen molar-refractivity contribution in [2.45, 2.75) is 13.8 Å². The molecule has 1 aliphatic rings. The van der Waals surface area contributed by atoms with Gasteiger partial charge in [-0.15, -0.1) is 6.54 Å². The quantitative estimate of drug-likeness (QED) is 0.448. The number of rotatable bonds is 0. The Hall–Kier alpha value is 0.583. The maximum absolute atomic E-state index is 2.40. The van der Waals surface area contributed by atoms with Gasteiger partial charge >= 0.3 is 19.5 Å². The van der Waals surface area contributed by atoms with Crippen LogP contribution in [-0.4, -0.2) is 25.0 Å². The van der Waals surface area contributed by atoms with Gasteiger partial charge < -0.3 is 11.3 Å². The van der Waals surface area contributed by atoms with Crippen molar-refractivity contribution in [2.24, 2.45) is 11.8 Å². The first-order valence-electron chi connectivity index (χ1n) is 3.72. The molecule has 1 heterocycles. The third kappa shape index (κ3) is 2.68. The number of hydrogen-bond acceptors (Lipinski definition) is 1. The summed E-state index contributed by atoms with van der Waals surface area (Å²) < 4.78 is 0. The number of hydrogen-bond donors (Lipinski definition) is 0. The van der Waals surface area contributed by atoms with Crippen molar-refractivity contribution in [3.8, 4) is 0 Å². The molecule has 1 fully saturated rings. The second kappa shape index (κ2) is 4.46. The van der Waals surface area contributed by atoms with Crippen molar-refractivity contribution in [1.29, 1.82) is 0 Å². The second-order valence-electron chi connectivity index (χ2n) is 3.29. The maximum Gasteiger partial charge on any atom is 2.00 e. The van der Waals surface area contributed by atoms with Crippen LogP contribution in [-0.2, 0) is 19.5 Å². The zero-order valence-corrected chi connectivity index (χ0v) is 8.57. The van der Waals surface area contributed by atoms with Crippen molar-refractivity contribution in [1.82, 2.24) is 4.90 Å². The van der Waals surface area contributed by atoms with Crippen LogP contribution in [0.4, 0.5) is 0 Å². The molecule has 0 amide bonds. The topological polar surface area (TPSA) is 3.24 Å². The maximum atomic E-state index is 2.40. The minimum atomic E-state index is 0. The molecule has 0 bridgehead atoms. The van der Waals surface area contributed by atoms with Gasteiger partial charge in [0.05, 0.1) is 0 Å². The zero-order chi connectivity index (χ0) is 6.85. The molecule has 10 heavy (non-hydrogen) atoms. The van der Waals surface area contributed by atoms with Crippen LogP contribution in [0, 0.1) is 18.3 Å². The van der Waals surface area contributed by atoms with Crippen LogP contribution in [0.5, 0.6) is 0 Å². The molecule has 0 aliphatic carbocycles. The van der Waals surface area contributed by atoms with E-state index in [1.807, 2.05) is 0 Å². The predicted octanol–water partition coefficient (Wildman–Crippen LogP) is 1.41. The van der Waals surface area contributed by atoms with Gasteiger partial charge in [-0.3, -0.25) is 0 Å². The van der Waals surface area contributed by atoms with Gasteiger partial charge in [-0.1, -0.05) is 19.8 Å². The molecule has 2 unspecified atom stereocenters. The molecular weight excluding hydrogens is 213 g/mol. The summed E-state index contributed by atoms with van der Waals surface area (Å²) >= 11 is 0. The van der Waals surface area contributed by atoms with Gasteiger partial charge in [-0.2, -0.15) is 5.92 Å². The Labute approximate surface area is 76.9 Å². The van der Waals surface area contributed by atoms with Crippen LogP contribution in [0.15, 0.2) is 0 Å². The molecule has 0 saturated carbocycles. The molecule has 2 atom stereocenters. The molecule has 61 valence electrons. The van der Waals surface area contributed by atoms with Gasteiger partial charge in [0.2, 0.25) is 0 Å². The van der Waals surface area contributed by atoms with Crippen molar-refractivity contribution in [3.63, 3.8) is 0 Å². The molecular formula is C8H16NRh+. The van der Waals surface area contributed by atoms with E-state index in [-0.39, 0.29) is 19.5 Å². The first-order chi connectivity index (χ1) is 4.20. The largest absolute Gasteiger partial charge is 2.00 e. The summed E-state index contributed by atoms with van der Waals surface area (Å²) in [5.41, 5.74) is 0. The molecule has 1 aliphatic heterocycles.